The molecule has 1 heterocycles. The van der Waals surface area contributed by atoms with Crippen molar-refractivity contribution in [1.29, 1.82) is 0 Å². The number of rotatable bonds is 7. The second kappa shape index (κ2) is 9.14. The summed E-state index contributed by atoms with van der Waals surface area (Å²) in [5, 5.41) is -0.585. The van der Waals surface area contributed by atoms with Crippen molar-refractivity contribution in [1.82, 2.24) is 4.90 Å². The van der Waals surface area contributed by atoms with E-state index in [1.165, 1.54) is 30.3 Å². The molecule has 0 aliphatic carbocycles. The molecule has 2 aromatic rings. The van der Waals surface area contributed by atoms with Crippen LogP contribution in [0.5, 0.6) is 5.75 Å². The lowest BCUT2D eigenvalue weighted by Crippen LogP contribution is -2.34. The Morgan fingerprint density at radius 2 is 1.83 bits per heavy atom. The van der Waals surface area contributed by atoms with Gasteiger partial charge in [0, 0.05) is 0 Å². The lowest BCUT2D eigenvalue weighted by atomic mass is 10.2. The van der Waals surface area contributed by atoms with Gasteiger partial charge in [-0.25, -0.2) is 0 Å². The van der Waals surface area contributed by atoms with Crippen LogP contribution in [0.2, 0.25) is 0 Å². The third-order valence-corrected chi connectivity index (χ3v) is 6.03. The fraction of sp³-hybridized carbons (Fsp3) is 0.150. The summed E-state index contributed by atoms with van der Waals surface area (Å²) in [5.74, 6) is -1.25. The first kappa shape index (κ1) is 21.6. The van der Waals surface area contributed by atoms with Crippen LogP contribution < -0.4 is 4.18 Å². The number of carbonyl (C=O) groups is 3. The largest absolute Gasteiger partial charge is 0.465 e. The first-order chi connectivity index (χ1) is 14.3. The number of imide groups is 1. The normalized spacial score (nSPS) is 15.5. The molecule has 1 aliphatic rings. The summed E-state index contributed by atoms with van der Waals surface area (Å²) in [6.45, 7) is 1.30. The van der Waals surface area contributed by atoms with Gasteiger partial charge in [0.05, 0.1) is 11.5 Å². The molecule has 1 fully saturated rings. The van der Waals surface area contributed by atoms with Gasteiger partial charge in [-0.15, -0.1) is 0 Å². The molecule has 0 saturated carbocycles. The Balaban J connectivity index is 1.78. The molecule has 0 aromatic heterocycles. The maximum Gasteiger partial charge on any atom is 0.339 e. The van der Waals surface area contributed by atoms with Crippen molar-refractivity contribution in [3.8, 4) is 5.75 Å². The van der Waals surface area contributed by atoms with E-state index in [0.717, 1.165) is 4.90 Å². The molecule has 8 nitrogen and oxygen atoms in total. The van der Waals surface area contributed by atoms with Crippen molar-refractivity contribution in [2.75, 3.05) is 13.2 Å². The Hall–Kier alpha value is -3.11. The van der Waals surface area contributed by atoms with Crippen LogP contribution in [0.3, 0.4) is 0 Å². The molecule has 0 unspecified atom stereocenters. The quantitative estimate of drug-likeness (QED) is 0.362. The molecule has 156 valence electrons. The first-order valence-corrected chi connectivity index (χ1v) is 11.0. The van der Waals surface area contributed by atoms with Crippen molar-refractivity contribution in [2.45, 2.75) is 11.8 Å². The van der Waals surface area contributed by atoms with Gasteiger partial charge in [0.2, 0.25) is 0 Å². The number of thioether (sulfide) groups is 1. The summed E-state index contributed by atoms with van der Waals surface area (Å²) in [6.07, 6.45) is 1.43. The minimum absolute atomic E-state index is 0.00971. The van der Waals surface area contributed by atoms with E-state index < -0.39 is 33.8 Å². The zero-order valence-corrected chi connectivity index (χ0v) is 17.4. The molecule has 1 aliphatic heterocycles. The summed E-state index contributed by atoms with van der Waals surface area (Å²) in [7, 11) is -4.01. The lowest BCUT2D eigenvalue weighted by molar-refractivity contribution is -0.145. The number of benzene rings is 2. The lowest BCUT2D eigenvalue weighted by Gasteiger charge is -2.10. The van der Waals surface area contributed by atoms with Crippen LogP contribution in [0.25, 0.3) is 6.08 Å². The highest BCUT2D eigenvalue weighted by molar-refractivity contribution is 8.18. The maximum absolute atomic E-state index is 12.4. The minimum Gasteiger partial charge on any atom is -0.465 e. The number of ether oxygens (including phenoxy) is 1. The third kappa shape index (κ3) is 5.08. The van der Waals surface area contributed by atoms with E-state index in [1.807, 2.05) is 0 Å². The topological polar surface area (TPSA) is 107 Å². The standard InChI is InChI=1S/C20H17NO7S2/c1-2-27-18(22)13-21-19(23)17(29-20(21)24)12-14-7-6-8-15(11-14)28-30(25,26)16-9-4-3-5-10-16/h3-12H,2,13H2,1H3/b17-12-. The molecule has 10 heteroatoms. The number of carbonyl (C=O) groups excluding carboxylic acids is 3. The van der Waals surface area contributed by atoms with Gasteiger partial charge < -0.3 is 8.92 Å². The number of hydrogen-bond donors (Lipinski definition) is 0. The Labute approximate surface area is 177 Å². The molecule has 1 saturated heterocycles. The van der Waals surface area contributed by atoms with Crippen LogP contribution >= 0.6 is 11.8 Å². The van der Waals surface area contributed by atoms with Crippen LogP contribution in [0.15, 0.2) is 64.4 Å². The average Bonchev–Trinajstić information content (AvgIpc) is 2.96. The number of amides is 2. The summed E-state index contributed by atoms with van der Waals surface area (Å²) in [4.78, 5) is 37.0. The van der Waals surface area contributed by atoms with Gasteiger partial charge in [-0.2, -0.15) is 8.42 Å². The fourth-order valence-corrected chi connectivity index (χ4v) is 4.32. The van der Waals surface area contributed by atoms with E-state index in [4.69, 9.17) is 8.92 Å². The summed E-state index contributed by atoms with van der Waals surface area (Å²) < 4.78 is 34.6. The monoisotopic (exact) mass is 447 g/mol. The molecule has 2 aromatic carbocycles. The highest BCUT2D eigenvalue weighted by atomic mass is 32.2. The Kier molecular flexibility index (Phi) is 6.58. The summed E-state index contributed by atoms with van der Waals surface area (Å²) >= 11 is 0.684. The van der Waals surface area contributed by atoms with Crippen LogP contribution in [0.4, 0.5) is 4.79 Å². The number of hydrogen-bond acceptors (Lipinski definition) is 8. The van der Waals surface area contributed by atoms with Gasteiger partial charge in [-0.1, -0.05) is 30.3 Å². The summed E-state index contributed by atoms with van der Waals surface area (Å²) in [6, 6.07) is 13.8. The molecule has 2 amide bonds. The van der Waals surface area contributed by atoms with Gasteiger partial charge in [0.1, 0.15) is 17.2 Å². The van der Waals surface area contributed by atoms with Crippen molar-refractivity contribution < 1.29 is 31.7 Å². The highest BCUT2D eigenvalue weighted by Crippen LogP contribution is 2.32. The molecular weight excluding hydrogens is 430 g/mol. The highest BCUT2D eigenvalue weighted by Gasteiger charge is 2.36. The van der Waals surface area contributed by atoms with Crippen molar-refractivity contribution >= 4 is 45.1 Å². The SMILES string of the molecule is CCOC(=O)CN1C(=O)S/C(=C\c2cccc(OS(=O)(=O)c3ccccc3)c2)C1=O. The molecule has 0 spiro atoms. The minimum atomic E-state index is -4.01. The smallest absolute Gasteiger partial charge is 0.339 e. The van der Waals surface area contributed by atoms with E-state index >= 15 is 0 Å². The van der Waals surface area contributed by atoms with E-state index in [-0.39, 0.29) is 22.2 Å². The Bertz CT molecular complexity index is 1110. The zero-order chi connectivity index (χ0) is 21.7. The molecule has 0 radical (unpaired) electrons. The summed E-state index contributed by atoms with van der Waals surface area (Å²) in [5.41, 5.74) is 0.456. The molecule has 0 N–H and O–H groups in total. The molecule has 3 rings (SSSR count). The van der Waals surface area contributed by atoms with Crippen LogP contribution in [-0.4, -0.2) is 43.6 Å². The molecule has 0 atom stereocenters. The van der Waals surface area contributed by atoms with Gasteiger partial charge in [0.25, 0.3) is 11.1 Å². The van der Waals surface area contributed by atoms with Crippen LogP contribution in [0.1, 0.15) is 12.5 Å². The van der Waals surface area contributed by atoms with Crippen LogP contribution in [-0.2, 0) is 24.4 Å². The predicted octanol–water partition coefficient (Wildman–Crippen LogP) is 3.05. The van der Waals surface area contributed by atoms with E-state index in [9.17, 15) is 22.8 Å². The zero-order valence-electron chi connectivity index (χ0n) is 15.8. The second-order valence-corrected chi connectivity index (χ2v) is 8.54. The first-order valence-electron chi connectivity index (χ1n) is 8.81. The maximum atomic E-state index is 12.4. The Morgan fingerprint density at radius 3 is 2.53 bits per heavy atom. The van der Waals surface area contributed by atoms with Crippen molar-refractivity contribution in [3.63, 3.8) is 0 Å². The average molecular weight is 447 g/mol. The van der Waals surface area contributed by atoms with E-state index in [1.54, 1.807) is 37.3 Å². The van der Waals surface area contributed by atoms with E-state index in [0.29, 0.717) is 17.3 Å². The second-order valence-electron chi connectivity index (χ2n) is 6.00. The van der Waals surface area contributed by atoms with Crippen LogP contribution in [0, 0.1) is 0 Å². The Morgan fingerprint density at radius 1 is 1.10 bits per heavy atom. The number of nitrogens with zero attached hydrogens (tertiary/aromatic N) is 1. The van der Waals surface area contributed by atoms with Crippen molar-refractivity contribution in [3.05, 3.63) is 65.1 Å². The fourth-order valence-electron chi connectivity index (χ4n) is 2.54. The van der Waals surface area contributed by atoms with Gasteiger partial charge >= 0.3 is 16.1 Å². The van der Waals surface area contributed by atoms with Gasteiger partial charge in [-0.3, -0.25) is 19.3 Å². The van der Waals surface area contributed by atoms with Crippen molar-refractivity contribution in [2.24, 2.45) is 0 Å². The third-order valence-electron chi connectivity index (χ3n) is 3.86. The molecule has 30 heavy (non-hydrogen) atoms. The van der Waals surface area contributed by atoms with Gasteiger partial charge in [0.15, 0.2) is 0 Å². The number of esters is 1. The van der Waals surface area contributed by atoms with E-state index in [2.05, 4.69) is 0 Å². The van der Waals surface area contributed by atoms with Gasteiger partial charge in [-0.05, 0) is 54.6 Å². The molecule has 0 bridgehead atoms. The molecular formula is C20H17NO7S2. The predicted molar refractivity (Wildman–Crippen MR) is 110 cm³/mol.